The summed E-state index contributed by atoms with van der Waals surface area (Å²) in [5.74, 6) is -1.68. The highest BCUT2D eigenvalue weighted by molar-refractivity contribution is 7.17. The molecule has 1 saturated heterocycles. The molecule has 2 amide bonds. The molecule has 2 aromatic heterocycles. The number of thiazole rings is 1. The van der Waals surface area contributed by atoms with Crippen molar-refractivity contribution in [2.45, 2.75) is 19.8 Å². The highest BCUT2D eigenvalue weighted by Gasteiger charge is 2.28. The van der Waals surface area contributed by atoms with Crippen LogP contribution in [0.3, 0.4) is 0 Å². The van der Waals surface area contributed by atoms with Crippen LogP contribution in [0.15, 0.2) is 24.4 Å². The van der Waals surface area contributed by atoms with E-state index < -0.39 is 11.9 Å². The largest absolute Gasteiger partial charge is 0.451 e. The van der Waals surface area contributed by atoms with Crippen molar-refractivity contribution in [3.63, 3.8) is 0 Å². The number of hydrogen-bond donors (Lipinski definition) is 1. The molecule has 1 atom stereocenters. The van der Waals surface area contributed by atoms with Crippen LogP contribution in [-0.4, -0.2) is 52.3 Å². The van der Waals surface area contributed by atoms with Gasteiger partial charge in [0.2, 0.25) is 5.91 Å². The van der Waals surface area contributed by atoms with Crippen LogP contribution in [0.4, 0.5) is 0 Å². The van der Waals surface area contributed by atoms with Gasteiger partial charge in [0.15, 0.2) is 6.61 Å². The minimum Gasteiger partial charge on any atom is -0.451 e. The van der Waals surface area contributed by atoms with Gasteiger partial charge >= 0.3 is 5.97 Å². The summed E-state index contributed by atoms with van der Waals surface area (Å²) in [4.78, 5) is 46.4. The van der Waals surface area contributed by atoms with Crippen molar-refractivity contribution in [1.82, 2.24) is 14.9 Å². The number of likely N-dealkylation sites (tertiary alicyclic amines) is 1. The average molecular weight is 388 g/mol. The molecule has 2 aromatic rings. The molecule has 0 radical (unpaired) electrons. The number of carbonyl (C=O) groups is 3. The number of pyridine rings is 1. The summed E-state index contributed by atoms with van der Waals surface area (Å²) in [6.07, 6.45) is 3.03. The maximum atomic E-state index is 12.4. The SMILES string of the molecule is Cc1nc(-c2ccccn2)sc1C(=O)OCC(=O)N1CCC[C@H](C(N)=O)C1. The third-order valence-electron chi connectivity index (χ3n) is 4.37. The zero-order valence-corrected chi connectivity index (χ0v) is 15.7. The topological polar surface area (TPSA) is 115 Å². The Balaban J connectivity index is 1.60. The van der Waals surface area contributed by atoms with Crippen molar-refractivity contribution in [2.24, 2.45) is 11.7 Å². The van der Waals surface area contributed by atoms with Gasteiger partial charge in [-0.1, -0.05) is 6.07 Å². The van der Waals surface area contributed by atoms with Gasteiger partial charge in [0.1, 0.15) is 9.88 Å². The van der Waals surface area contributed by atoms with E-state index in [0.717, 1.165) is 0 Å². The minimum atomic E-state index is -0.594. The van der Waals surface area contributed by atoms with E-state index in [-0.39, 0.29) is 25.0 Å². The van der Waals surface area contributed by atoms with E-state index >= 15 is 0 Å². The van der Waals surface area contributed by atoms with Gasteiger partial charge in [-0.2, -0.15) is 0 Å². The molecule has 0 saturated carbocycles. The van der Waals surface area contributed by atoms with Crippen LogP contribution in [0, 0.1) is 12.8 Å². The lowest BCUT2D eigenvalue weighted by Crippen LogP contribution is -2.45. The van der Waals surface area contributed by atoms with Gasteiger partial charge in [-0.25, -0.2) is 9.78 Å². The van der Waals surface area contributed by atoms with E-state index in [0.29, 0.717) is 40.7 Å². The molecule has 3 rings (SSSR count). The third-order valence-corrected chi connectivity index (χ3v) is 5.53. The van der Waals surface area contributed by atoms with Crippen LogP contribution >= 0.6 is 11.3 Å². The molecule has 0 spiro atoms. The lowest BCUT2D eigenvalue weighted by Gasteiger charge is -2.30. The molecule has 27 heavy (non-hydrogen) atoms. The predicted octanol–water partition coefficient (Wildman–Crippen LogP) is 1.39. The number of aromatic nitrogens is 2. The van der Waals surface area contributed by atoms with E-state index in [9.17, 15) is 14.4 Å². The summed E-state index contributed by atoms with van der Waals surface area (Å²) < 4.78 is 5.17. The van der Waals surface area contributed by atoms with Crippen LogP contribution < -0.4 is 5.73 Å². The maximum absolute atomic E-state index is 12.4. The Labute approximate surface area is 160 Å². The van der Waals surface area contributed by atoms with E-state index in [1.54, 1.807) is 19.2 Å². The van der Waals surface area contributed by atoms with E-state index in [4.69, 9.17) is 10.5 Å². The summed E-state index contributed by atoms with van der Waals surface area (Å²) in [7, 11) is 0. The van der Waals surface area contributed by atoms with Gasteiger partial charge in [0.25, 0.3) is 5.91 Å². The second kappa shape index (κ2) is 8.26. The summed E-state index contributed by atoms with van der Waals surface area (Å²) in [6, 6.07) is 5.45. The maximum Gasteiger partial charge on any atom is 0.350 e. The van der Waals surface area contributed by atoms with Crippen molar-refractivity contribution in [2.75, 3.05) is 19.7 Å². The molecule has 9 heteroatoms. The number of aryl methyl sites for hydroxylation is 1. The number of primary amides is 1. The normalized spacial score (nSPS) is 16.8. The molecule has 0 aliphatic carbocycles. The quantitative estimate of drug-likeness (QED) is 0.774. The standard InChI is InChI=1S/C18H20N4O4S/c1-11-15(27-17(21-11)13-6-2-3-7-20-13)18(25)26-10-14(23)22-8-4-5-12(9-22)16(19)24/h2-3,6-7,12H,4-5,8-10H2,1H3,(H2,19,24)/t12-/m0/s1. The van der Waals surface area contributed by atoms with Gasteiger partial charge in [-0.05, 0) is 31.9 Å². The van der Waals surface area contributed by atoms with Crippen LogP contribution in [0.5, 0.6) is 0 Å². The Morgan fingerprint density at radius 3 is 2.89 bits per heavy atom. The lowest BCUT2D eigenvalue weighted by molar-refractivity contribution is -0.137. The Bertz CT molecular complexity index is 852. The molecule has 1 fully saturated rings. The molecule has 2 N–H and O–H groups in total. The average Bonchev–Trinajstić information content (AvgIpc) is 3.08. The van der Waals surface area contributed by atoms with Gasteiger partial charge in [0.05, 0.1) is 17.3 Å². The molecule has 0 aromatic carbocycles. The van der Waals surface area contributed by atoms with Gasteiger partial charge < -0.3 is 15.4 Å². The first-order valence-electron chi connectivity index (χ1n) is 8.58. The molecular weight excluding hydrogens is 368 g/mol. The third kappa shape index (κ3) is 4.48. The smallest absolute Gasteiger partial charge is 0.350 e. The molecule has 3 heterocycles. The van der Waals surface area contributed by atoms with Crippen LogP contribution in [0.2, 0.25) is 0 Å². The van der Waals surface area contributed by atoms with Crippen LogP contribution in [0.25, 0.3) is 10.7 Å². The Morgan fingerprint density at radius 2 is 2.19 bits per heavy atom. The minimum absolute atomic E-state index is 0.273. The number of carbonyl (C=O) groups excluding carboxylic acids is 3. The van der Waals surface area contributed by atoms with Gasteiger partial charge in [-0.15, -0.1) is 11.3 Å². The van der Waals surface area contributed by atoms with Crippen molar-refractivity contribution in [1.29, 1.82) is 0 Å². The van der Waals surface area contributed by atoms with Crippen LogP contribution in [-0.2, 0) is 14.3 Å². The number of amides is 2. The molecular formula is C18H20N4O4S. The Morgan fingerprint density at radius 1 is 1.37 bits per heavy atom. The van der Waals surface area contributed by atoms with Crippen LogP contribution in [0.1, 0.15) is 28.2 Å². The monoisotopic (exact) mass is 388 g/mol. The van der Waals surface area contributed by atoms with Gasteiger partial charge in [-0.3, -0.25) is 14.6 Å². The van der Waals surface area contributed by atoms with E-state index in [1.807, 2.05) is 12.1 Å². The second-order valence-electron chi connectivity index (χ2n) is 6.31. The molecule has 1 aliphatic rings. The van der Waals surface area contributed by atoms with Crippen molar-refractivity contribution >= 4 is 29.1 Å². The number of piperidine rings is 1. The fraction of sp³-hybridized carbons (Fsp3) is 0.389. The van der Waals surface area contributed by atoms with Crippen molar-refractivity contribution in [3.05, 3.63) is 35.0 Å². The first-order valence-corrected chi connectivity index (χ1v) is 9.40. The van der Waals surface area contributed by atoms with E-state index in [2.05, 4.69) is 9.97 Å². The Kier molecular flexibility index (Phi) is 5.80. The Hall–Kier alpha value is -2.81. The first kappa shape index (κ1) is 19.0. The summed E-state index contributed by atoms with van der Waals surface area (Å²) in [5.41, 5.74) is 6.53. The molecule has 1 aliphatic heterocycles. The predicted molar refractivity (Wildman–Crippen MR) is 98.9 cm³/mol. The zero-order chi connectivity index (χ0) is 19.4. The number of nitrogens with two attached hydrogens (primary N) is 1. The number of nitrogens with zero attached hydrogens (tertiary/aromatic N) is 3. The highest BCUT2D eigenvalue weighted by Crippen LogP contribution is 2.27. The lowest BCUT2D eigenvalue weighted by atomic mass is 9.97. The second-order valence-corrected chi connectivity index (χ2v) is 7.31. The first-order chi connectivity index (χ1) is 13.0. The molecule has 142 valence electrons. The van der Waals surface area contributed by atoms with Crippen molar-refractivity contribution < 1.29 is 19.1 Å². The fourth-order valence-corrected chi connectivity index (χ4v) is 3.84. The van der Waals surface area contributed by atoms with E-state index in [1.165, 1.54) is 16.2 Å². The molecule has 8 nitrogen and oxygen atoms in total. The molecule has 0 bridgehead atoms. The summed E-state index contributed by atoms with van der Waals surface area (Å²) in [6.45, 7) is 2.14. The molecule has 0 unspecified atom stereocenters. The number of hydrogen-bond acceptors (Lipinski definition) is 7. The number of rotatable bonds is 5. The number of ether oxygens (including phenoxy) is 1. The van der Waals surface area contributed by atoms with Crippen molar-refractivity contribution in [3.8, 4) is 10.7 Å². The van der Waals surface area contributed by atoms with Gasteiger partial charge in [0, 0.05) is 19.3 Å². The summed E-state index contributed by atoms with van der Waals surface area (Å²) in [5, 5.41) is 0.617. The highest BCUT2D eigenvalue weighted by atomic mass is 32.1. The fourth-order valence-electron chi connectivity index (χ4n) is 2.90. The zero-order valence-electron chi connectivity index (χ0n) is 14.9. The summed E-state index contributed by atoms with van der Waals surface area (Å²) >= 11 is 1.18. The number of esters is 1.